The molecule has 0 spiro atoms. The summed E-state index contributed by atoms with van der Waals surface area (Å²) >= 11 is 7.77. The molecular formula is C22H17ClN4OS. The Hall–Kier alpha value is -2.83. The molecule has 144 valence electrons. The third-order valence-corrected chi connectivity index (χ3v) is 6.35. The van der Waals surface area contributed by atoms with Crippen molar-refractivity contribution in [3.05, 3.63) is 69.9 Å². The molecule has 1 aliphatic rings. The number of nitrogens with zero attached hydrogens (tertiary/aromatic N) is 3. The topological polar surface area (TPSA) is 67.8 Å². The molecule has 3 heterocycles. The number of aryl methyl sites for hydroxylation is 2. The van der Waals surface area contributed by atoms with Gasteiger partial charge in [0, 0.05) is 33.2 Å². The van der Waals surface area contributed by atoms with Crippen LogP contribution in [0.25, 0.3) is 22.2 Å². The number of aromatic nitrogens is 3. The first-order valence-corrected chi connectivity index (χ1v) is 10.7. The van der Waals surface area contributed by atoms with E-state index >= 15 is 0 Å². The minimum absolute atomic E-state index is 0.212. The zero-order valence-corrected chi connectivity index (χ0v) is 17.1. The van der Waals surface area contributed by atoms with Crippen molar-refractivity contribution >= 4 is 44.9 Å². The lowest BCUT2D eigenvalue weighted by molar-refractivity contribution is 0.102. The van der Waals surface area contributed by atoms with Gasteiger partial charge in [-0.3, -0.25) is 15.1 Å². The highest BCUT2D eigenvalue weighted by atomic mass is 35.5. The second-order valence-corrected chi connectivity index (χ2v) is 8.53. The van der Waals surface area contributed by atoms with Gasteiger partial charge in [-0.25, -0.2) is 9.97 Å². The molecule has 3 aromatic heterocycles. The van der Waals surface area contributed by atoms with Gasteiger partial charge in [0.25, 0.3) is 5.91 Å². The molecule has 1 amide bonds. The first-order chi connectivity index (χ1) is 14.2. The number of pyridine rings is 2. The Labute approximate surface area is 176 Å². The molecule has 0 atom stereocenters. The van der Waals surface area contributed by atoms with E-state index in [1.54, 1.807) is 41.9 Å². The smallest absolute Gasteiger partial charge is 0.258 e. The summed E-state index contributed by atoms with van der Waals surface area (Å²) in [7, 11) is 0. The number of benzene rings is 1. The number of anilines is 1. The normalized spacial score (nSPS) is 13.3. The van der Waals surface area contributed by atoms with Gasteiger partial charge < -0.3 is 0 Å². The van der Waals surface area contributed by atoms with Crippen LogP contribution in [0.3, 0.4) is 0 Å². The molecular weight excluding hydrogens is 404 g/mol. The Bertz CT molecular complexity index is 1200. The molecule has 1 aliphatic carbocycles. The number of nitrogens with one attached hydrogen (secondary N) is 1. The van der Waals surface area contributed by atoms with Crippen molar-refractivity contribution in [1.29, 1.82) is 0 Å². The molecule has 0 radical (unpaired) electrons. The first kappa shape index (κ1) is 18.2. The second kappa shape index (κ2) is 7.54. The monoisotopic (exact) mass is 420 g/mol. The Morgan fingerprint density at radius 2 is 2.00 bits per heavy atom. The van der Waals surface area contributed by atoms with Crippen molar-refractivity contribution in [2.45, 2.75) is 25.7 Å². The van der Waals surface area contributed by atoms with Crippen molar-refractivity contribution in [3.63, 3.8) is 0 Å². The summed E-state index contributed by atoms with van der Waals surface area (Å²) in [5, 5.41) is 4.91. The van der Waals surface area contributed by atoms with E-state index in [-0.39, 0.29) is 5.91 Å². The van der Waals surface area contributed by atoms with Gasteiger partial charge in [-0.1, -0.05) is 11.6 Å². The minimum Gasteiger partial charge on any atom is -0.298 e. The van der Waals surface area contributed by atoms with Gasteiger partial charge in [-0.2, -0.15) is 0 Å². The lowest BCUT2D eigenvalue weighted by Crippen LogP contribution is -2.13. The Kier molecular flexibility index (Phi) is 4.73. The summed E-state index contributed by atoms with van der Waals surface area (Å²) in [5.41, 5.74) is 3.89. The number of thiazole rings is 1. The van der Waals surface area contributed by atoms with E-state index in [2.05, 4.69) is 15.3 Å². The summed E-state index contributed by atoms with van der Waals surface area (Å²) in [6.45, 7) is 0. The maximum atomic E-state index is 13.2. The highest BCUT2D eigenvalue weighted by Gasteiger charge is 2.19. The van der Waals surface area contributed by atoms with Crippen molar-refractivity contribution in [2.75, 3.05) is 5.32 Å². The van der Waals surface area contributed by atoms with Crippen molar-refractivity contribution in [2.24, 2.45) is 0 Å². The summed E-state index contributed by atoms with van der Waals surface area (Å²) in [4.78, 5) is 28.0. The lowest BCUT2D eigenvalue weighted by Gasteiger charge is -2.10. The van der Waals surface area contributed by atoms with Crippen molar-refractivity contribution in [3.8, 4) is 11.3 Å². The summed E-state index contributed by atoms with van der Waals surface area (Å²) in [6, 6.07) is 10.9. The minimum atomic E-state index is -0.212. The largest absolute Gasteiger partial charge is 0.298 e. The number of rotatable bonds is 3. The fourth-order valence-electron chi connectivity index (χ4n) is 3.62. The number of fused-ring (bicyclic) bond motifs is 2. The number of carbonyl (C=O) groups excluding carboxylic acids is 1. The van der Waals surface area contributed by atoms with Crippen LogP contribution in [-0.4, -0.2) is 20.9 Å². The van der Waals surface area contributed by atoms with Crippen LogP contribution in [0.15, 0.2) is 48.8 Å². The molecule has 0 bridgehead atoms. The zero-order chi connectivity index (χ0) is 19.8. The highest BCUT2D eigenvalue weighted by molar-refractivity contribution is 7.15. The van der Waals surface area contributed by atoms with E-state index in [0.29, 0.717) is 32.3 Å². The molecule has 0 unspecified atom stereocenters. The molecule has 1 N–H and O–H groups in total. The van der Waals surface area contributed by atoms with Crippen LogP contribution in [0, 0.1) is 0 Å². The number of halogens is 1. The highest BCUT2D eigenvalue weighted by Crippen LogP contribution is 2.31. The van der Waals surface area contributed by atoms with Crippen LogP contribution in [-0.2, 0) is 12.8 Å². The molecule has 1 aromatic carbocycles. The molecule has 29 heavy (non-hydrogen) atoms. The maximum Gasteiger partial charge on any atom is 0.258 e. The average molecular weight is 421 g/mol. The van der Waals surface area contributed by atoms with Crippen LogP contribution in [0.1, 0.15) is 33.8 Å². The molecule has 5 nitrogen and oxygen atoms in total. The van der Waals surface area contributed by atoms with Gasteiger partial charge in [0.1, 0.15) is 0 Å². The molecule has 5 rings (SSSR count). The average Bonchev–Trinajstić information content (AvgIpc) is 3.16. The molecule has 0 aliphatic heterocycles. The van der Waals surface area contributed by atoms with Gasteiger partial charge in [-0.15, -0.1) is 11.3 Å². The van der Waals surface area contributed by atoms with Crippen LogP contribution < -0.4 is 5.32 Å². The SMILES string of the molecule is O=C(Nc1nc2c(s1)CCCC2)c1cc(-c2cccnc2)nc2ccc(Cl)cc12. The Morgan fingerprint density at radius 1 is 1.10 bits per heavy atom. The van der Waals surface area contributed by atoms with Crippen LogP contribution >= 0.6 is 22.9 Å². The zero-order valence-electron chi connectivity index (χ0n) is 15.5. The third-order valence-electron chi connectivity index (χ3n) is 5.04. The predicted octanol–water partition coefficient (Wildman–Crippen LogP) is 5.54. The predicted molar refractivity (Wildman–Crippen MR) is 117 cm³/mol. The van der Waals surface area contributed by atoms with E-state index in [1.807, 2.05) is 18.2 Å². The number of hydrogen-bond acceptors (Lipinski definition) is 5. The van der Waals surface area contributed by atoms with Crippen LogP contribution in [0.5, 0.6) is 0 Å². The summed E-state index contributed by atoms with van der Waals surface area (Å²) in [6.07, 6.45) is 7.82. The standard InChI is InChI=1S/C22H17ClN4OS/c23-14-7-8-17-15(10-14)16(11-19(25-17)13-4-3-9-24-12-13)21(28)27-22-26-18-5-1-2-6-20(18)29-22/h3-4,7-12H,1-2,5-6H2,(H,26,27,28). The number of carbonyl (C=O) groups is 1. The molecule has 7 heteroatoms. The number of hydrogen-bond donors (Lipinski definition) is 1. The third kappa shape index (κ3) is 3.61. The lowest BCUT2D eigenvalue weighted by atomic mass is 10.0. The number of amides is 1. The van der Waals surface area contributed by atoms with Crippen molar-refractivity contribution < 1.29 is 4.79 Å². The van der Waals surface area contributed by atoms with E-state index in [1.165, 1.54) is 11.3 Å². The first-order valence-electron chi connectivity index (χ1n) is 9.48. The van der Waals surface area contributed by atoms with Gasteiger partial charge in [0.15, 0.2) is 5.13 Å². The quantitative estimate of drug-likeness (QED) is 0.472. The van der Waals surface area contributed by atoms with Gasteiger partial charge in [-0.05, 0) is 62.1 Å². The fraction of sp³-hybridized carbons (Fsp3) is 0.182. The van der Waals surface area contributed by atoms with Gasteiger partial charge >= 0.3 is 0 Å². The molecule has 0 saturated heterocycles. The van der Waals surface area contributed by atoms with Crippen LogP contribution in [0.4, 0.5) is 5.13 Å². The molecule has 0 saturated carbocycles. The van der Waals surface area contributed by atoms with Gasteiger partial charge in [0.05, 0.1) is 22.5 Å². The van der Waals surface area contributed by atoms with E-state index in [9.17, 15) is 4.79 Å². The molecule has 4 aromatic rings. The summed E-state index contributed by atoms with van der Waals surface area (Å²) < 4.78 is 0. The second-order valence-electron chi connectivity index (χ2n) is 7.01. The van der Waals surface area contributed by atoms with Gasteiger partial charge in [0.2, 0.25) is 0 Å². The van der Waals surface area contributed by atoms with Crippen molar-refractivity contribution in [1.82, 2.24) is 15.0 Å². The Balaban J connectivity index is 1.57. The van der Waals surface area contributed by atoms with E-state index < -0.39 is 0 Å². The molecule has 0 fully saturated rings. The maximum absolute atomic E-state index is 13.2. The van der Waals surface area contributed by atoms with E-state index in [4.69, 9.17) is 16.6 Å². The van der Waals surface area contributed by atoms with E-state index in [0.717, 1.165) is 30.5 Å². The van der Waals surface area contributed by atoms with Crippen LogP contribution in [0.2, 0.25) is 5.02 Å². The fourth-order valence-corrected chi connectivity index (χ4v) is 4.83. The Morgan fingerprint density at radius 3 is 2.83 bits per heavy atom. The summed E-state index contributed by atoms with van der Waals surface area (Å²) in [5.74, 6) is -0.212.